The fraction of sp³-hybridized carbons (Fsp3) is 0.286. The zero-order valence-corrected chi connectivity index (χ0v) is 16.5. The molecule has 0 aromatic carbocycles. The normalized spacial score (nSPS) is 12.0. The Balaban J connectivity index is 1.85. The van der Waals surface area contributed by atoms with Crippen LogP contribution in [-0.4, -0.2) is 28.2 Å². The van der Waals surface area contributed by atoms with Crippen molar-refractivity contribution < 1.29 is 8.42 Å². The van der Waals surface area contributed by atoms with Crippen molar-refractivity contribution in [1.82, 2.24) is 19.7 Å². The van der Waals surface area contributed by atoms with E-state index in [4.69, 9.17) is 0 Å². The number of hydrogen-bond acceptors (Lipinski definition) is 5. The fourth-order valence-electron chi connectivity index (χ4n) is 2.27. The molecule has 0 aliphatic carbocycles. The number of aryl methyl sites for hydroxylation is 1. The maximum Gasteiger partial charge on any atom is 0.282 e. The van der Waals surface area contributed by atoms with Crippen molar-refractivity contribution in [2.75, 3.05) is 4.72 Å². The first kappa shape index (κ1) is 17.2. The van der Waals surface area contributed by atoms with Gasteiger partial charge in [0.05, 0.1) is 14.4 Å². The number of aromatic amines is 1. The molecular weight excluding hydrogens is 414 g/mol. The largest absolute Gasteiger partial charge is 0.336 e. The van der Waals surface area contributed by atoms with Crippen LogP contribution in [-0.2, 0) is 17.1 Å². The van der Waals surface area contributed by atoms with Crippen LogP contribution in [0.15, 0.2) is 33.2 Å². The second-order valence-electron chi connectivity index (χ2n) is 5.58. The van der Waals surface area contributed by atoms with E-state index in [2.05, 4.69) is 35.8 Å². The van der Waals surface area contributed by atoms with Gasteiger partial charge in [-0.05, 0) is 28.1 Å². The molecule has 0 unspecified atom stereocenters. The number of nitrogens with zero attached hydrogens (tertiary/aromatic N) is 3. The van der Waals surface area contributed by atoms with Crippen LogP contribution in [0.5, 0.6) is 0 Å². The highest BCUT2D eigenvalue weighted by molar-refractivity contribution is 9.11. The van der Waals surface area contributed by atoms with Gasteiger partial charge in [0.1, 0.15) is 5.82 Å². The minimum absolute atomic E-state index is 0.0166. The Morgan fingerprint density at radius 3 is 2.71 bits per heavy atom. The average Bonchev–Trinajstić information content (AvgIpc) is 3.18. The number of thiophene rings is 1. The topological polar surface area (TPSA) is 92.7 Å². The van der Waals surface area contributed by atoms with E-state index in [1.807, 2.05) is 26.0 Å². The molecule has 0 atom stereocenters. The standard InChI is InChI=1S/C14H16BrN5O2S2/c1-8(2)14-16-13(7-20(14)3)24(21,22)19-12-6-9(17-18-12)10-4-5-11(15)23-10/h4-8H,1-3H3,(H2,17,18,19). The van der Waals surface area contributed by atoms with Crippen LogP contribution < -0.4 is 4.72 Å². The van der Waals surface area contributed by atoms with Gasteiger partial charge >= 0.3 is 0 Å². The van der Waals surface area contributed by atoms with E-state index < -0.39 is 10.0 Å². The van der Waals surface area contributed by atoms with Crippen LogP contribution in [0.2, 0.25) is 0 Å². The highest BCUT2D eigenvalue weighted by Crippen LogP contribution is 2.31. The van der Waals surface area contributed by atoms with Crippen molar-refractivity contribution in [2.24, 2.45) is 7.05 Å². The van der Waals surface area contributed by atoms with E-state index in [0.29, 0.717) is 5.82 Å². The van der Waals surface area contributed by atoms with Gasteiger partial charge in [0, 0.05) is 25.2 Å². The zero-order valence-electron chi connectivity index (χ0n) is 13.2. The summed E-state index contributed by atoms with van der Waals surface area (Å²) >= 11 is 4.93. The van der Waals surface area contributed by atoms with Crippen LogP contribution >= 0.6 is 27.3 Å². The van der Waals surface area contributed by atoms with Crippen molar-refractivity contribution >= 4 is 43.1 Å². The van der Waals surface area contributed by atoms with Gasteiger partial charge in [-0.25, -0.2) is 4.98 Å². The van der Waals surface area contributed by atoms with Gasteiger partial charge in [-0.15, -0.1) is 11.3 Å². The molecule has 0 radical (unpaired) electrons. The number of aromatic nitrogens is 4. The van der Waals surface area contributed by atoms with E-state index in [-0.39, 0.29) is 16.8 Å². The van der Waals surface area contributed by atoms with Crippen LogP contribution in [0.25, 0.3) is 10.6 Å². The molecule has 3 aromatic heterocycles. The van der Waals surface area contributed by atoms with Crippen molar-refractivity contribution in [2.45, 2.75) is 24.8 Å². The van der Waals surface area contributed by atoms with E-state index in [0.717, 1.165) is 14.4 Å². The summed E-state index contributed by atoms with van der Waals surface area (Å²) in [4.78, 5) is 5.17. The molecule has 0 saturated heterocycles. The molecule has 2 N–H and O–H groups in total. The summed E-state index contributed by atoms with van der Waals surface area (Å²) < 4.78 is 30.2. The highest BCUT2D eigenvalue weighted by atomic mass is 79.9. The molecule has 7 nitrogen and oxygen atoms in total. The zero-order chi connectivity index (χ0) is 17.5. The number of imidazole rings is 1. The van der Waals surface area contributed by atoms with Crippen molar-refractivity contribution in [3.8, 4) is 10.6 Å². The average molecular weight is 430 g/mol. The third-order valence-corrected chi connectivity index (χ3v) is 6.22. The Kier molecular flexibility index (Phi) is 4.54. The van der Waals surface area contributed by atoms with E-state index in [1.165, 1.54) is 17.5 Å². The minimum atomic E-state index is -3.78. The number of nitrogens with one attached hydrogen (secondary N) is 2. The molecule has 24 heavy (non-hydrogen) atoms. The summed E-state index contributed by atoms with van der Waals surface area (Å²) in [7, 11) is -2.00. The van der Waals surface area contributed by atoms with Gasteiger partial charge in [-0.1, -0.05) is 13.8 Å². The van der Waals surface area contributed by atoms with Crippen molar-refractivity contribution in [3.63, 3.8) is 0 Å². The molecule has 0 aliphatic rings. The highest BCUT2D eigenvalue weighted by Gasteiger charge is 2.22. The lowest BCUT2D eigenvalue weighted by Crippen LogP contribution is -2.13. The van der Waals surface area contributed by atoms with Crippen LogP contribution in [0, 0.1) is 0 Å². The lowest BCUT2D eigenvalue weighted by atomic mass is 10.2. The van der Waals surface area contributed by atoms with E-state index in [1.54, 1.807) is 17.7 Å². The molecule has 0 spiro atoms. The third kappa shape index (κ3) is 3.40. The first-order valence-corrected chi connectivity index (χ1v) is 10.2. The van der Waals surface area contributed by atoms with E-state index >= 15 is 0 Å². The molecule has 3 rings (SSSR count). The number of H-pyrrole nitrogens is 1. The summed E-state index contributed by atoms with van der Waals surface area (Å²) in [5.41, 5.74) is 0.743. The number of hydrogen-bond donors (Lipinski definition) is 2. The quantitative estimate of drug-likeness (QED) is 0.648. The van der Waals surface area contributed by atoms with Crippen molar-refractivity contribution in [3.05, 3.63) is 34.0 Å². The summed E-state index contributed by atoms with van der Waals surface area (Å²) in [6.07, 6.45) is 1.50. The van der Waals surface area contributed by atoms with Crippen molar-refractivity contribution in [1.29, 1.82) is 0 Å². The predicted octanol–water partition coefficient (Wildman–Crippen LogP) is 3.56. The Hall–Kier alpha value is -1.65. The Bertz CT molecular complexity index is 971. The Morgan fingerprint density at radius 1 is 1.38 bits per heavy atom. The maximum atomic E-state index is 12.5. The van der Waals surface area contributed by atoms with E-state index in [9.17, 15) is 8.42 Å². The Labute approximate surface area is 152 Å². The molecule has 3 aromatic rings. The lowest BCUT2D eigenvalue weighted by Gasteiger charge is -2.02. The van der Waals surface area contributed by atoms with Gasteiger partial charge in [0.2, 0.25) is 0 Å². The molecule has 3 heterocycles. The summed E-state index contributed by atoms with van der Waals surface area (Å²) in [5.74, 6) is 1.07. The first-order chi connectivity index (χ1) is 11.3. The SMILES string of the molecule is CC(C)c1nc(S(=O)(=O)Nc2cc(-c3ccc(Br)s3)[nH]n2)cn1C. The second-order valence-corrected chi connectivity index (χ2v) is 9.67. The second kappa shape index (κ2) is 6.34. The van der Waals surface area contributed by atoms with Crippen LogP contribution in [0.1, 0.15) is 25.6 Å². The van der Waals surface area contributed by atoms with Gasteiger partial charge in [-0.3, -0.25) is 9.82 Å². The summed E-state index contributed by atoms with van der Waals surface area (Å²) in [5, 5.41) is 6.83. The molecule has 0 bridgehead atoms. The van der Waals surface area contributed by atoms with Crippen LogP contribution in [0.3, 0.4) is 0 Å². The minimum Gasteiger partial charge on any atom is -0.336 e. The molecule has 0 fully saturated rings. The maximum absolute atomic E-state index is 12.5. The molecular formula is C14H16BrN5O2S2. The van der Waals surface area contributed by atoms with Crippen LogP contribution in [0.4, 0.5) is 5.82 Å². The first-order valence-electron chi connectivity index (χ1n) is 7.13. The smallest absolute Gasteiger partial charge is 0.282 e. The molecule has 128 valence electrons. The number of anilines is 1. The van der Waals surface area contributed by atoms with Gasteiger partial charge in [0.15, 0.2) is 10.8 Å². The molecule has 10 heteroatoms. The number of halogens is 1. The summed E-state index contributed by atoms with van der Waals surface area (Å²) in [6, 6.07) is 5.50. The summed E-state index contributed by atoms with van der Waals surface area (Å²) in [6.45, 7) is 3.93. The monoisotopic (exact) mass is 429 g/mol. The molecule has 0 aliphatic heterocycles. The van der Waals surface area contributed by atoms with Gasteiger partial charge < -0.3 is 4.57 Å². The lowest BCUT2D eigenvalue weighted by molar-refractivity contribution is 0.597. The molecule has 0 saturated carbocycles. The number of sulfonamides is 1. The van der Waals surface area contributed by atoms with Gasteiger partial charge in [-0.2, -0.15) is 13.5 Å². The third-order valence-electron chi connectivity index (χ3n) is 3.34. The van der Waals surface area contributed by atoms with Gasteiger partial charge in [0.25, 0.3) is 10.0 Å². The predicted molar refractivity (Wildman–Crippen MR) is 97.7 cm³/mol. The Morgan fingerprint density at radius 2 is 2.12 bits per heavy atom. The molecule has 0 amide bonds. The fourth-order valence-corrected chi connectivity index (χ4v) is 4.61. The number of rotatable bonds is 5.